The molecule has 9 aromatic carbocycles. The van der Waals surface area contributed by atoms with Crippen LogP contribution in [0.15, 0.2) is 217 Å². The molecule has 0 N–H and O–H groups in total. The lowest BCUT2D eigenvalue weighted by Gasteiger charge is -2.13. The molecule has 0 unspecified atom stereocenters. The van der Waals surface area contributed by atoms with E-state index >= 15 is 0 Å². The van der Waals surface area contributed by atoms with Crippen molar-refractivity contribution in [3.05, 3.63) is 212 Å². The van der Waals surface area contributed by atoms with Crippen molar-refractivity contribution in [3.63, 3.8) is 0 Å². The minimum atomic E-state index is -0.444. The summed E-state index contributed by atoms with van der Waals surface area (Å²) in [6.07, 6.45) is 0. The van der Waals surface area contributed by atoms with Gasteiger partial charge in [0.2, 0.25) is 0 Å². The first kappa shape index (κ1) is 30.4. The Bertz CT molecular complexity index is 4140. The van der Waals surface area contributed by atoms with Gasteiger partial charge in [0.05, 0.1) is 34.5 Å². The summed E-state index contributed by atoms with van der Waals surface area (Å²) in [6.45, 7) is 0. The van der Waals surface area contributed by atoms with Gasteiger partial charge in [0.1, 0.15) is 11.2 Å². The Hall–Kier alpha value is -8.61. The molecule has 0 bridgehead atoms. The average Bonchev–Trinajstić information content (AvgIpc) is 4.05. The Morgan fingerprint density at radius 1 is 0.365 bits per heavy atom. The predicted molar refractivity (Wildman–Crippen MR) is 258 cm³/mol. The van der Waals surface area contributed by atoms with Crippen LogP contribution in [0.3, 0.4) is 0 Å². The SMILES string of the molecule is [2H]c1c([2H])c([2H])c(-c2ccc3c(c2)oc2c(-c4nc(-c5ccccc5)nc(-c5ccc6c7ccccc7n(-c7ccccc7)c6c5)n4)cc(-n4c5ccccc5c5ccccc54)cc23)c([2H])c1[2H]. The topological polar surface area (TPSA) is 61.7 Å². The quantitative estimate of drug-likeness (QED) is 0.168. The summed E-state index contributed by atoms with van der Waals surface area (Å²) in [4.78, 5) is 15.8. The van der Waals surface area contributed by atoms with E-state index in [0.717, 1.165) is 76.9 Å². The molecule has 0 radical (unpaired) electrons. The maximum atomic E-state index is 8.76. The molecule has 4 aromatic heterocycles. The number of rotatable bonds is 6. The summed E-state index contributed by atoms with van der Waals surface area (Å²) in [7, 11) is 0. The molecule has 0 saturated carbocycles. The van der Waals surface area contributed by atoms with Gasteiger partial charge in [-0.3, -0.25) is 0 Å². The van der Waals surface area contributed by atoms with Crippen molar-refractivity contribution in [2.45, 2.75) is 0 Å². The van der Waals surface area contributed by atoms with E-state index in [1.54, 1.807) is 12.1 Å². The maximum absolute atomic E-state index is 8.76. The van der Waals surface area contributed by atoms with Gasteiger partial charge in [-0.05, 0) is 71.8 Å². The minimum absolute atomic E-state index is 0.0995. The molecule has 0 aliphatic heterocycles. The zero-order valence-corrected chi connectivity index (χ0v) is 33.5. The first-order valence-electron chi connectivity index (χ1n) is 23.3. The average molecular weight is 811 g/mol. The standard InChI is InChI=1S/C57H35N5O/c1-4-16-36(17-5-1)38-28-31-46-47-34-41(62-50-26-14-10-22-42(50)43-23-11-15-27-51(43)62)35-48(54(47)63-53(46)33-38)57-59-55(37-18-6-2-7-19-37)58-56(60-57)39-29-30-45-44-24-12-13-25-49(44)61(52(45)32-39)40-20-8-3-9-21-40/h1-35H/i1D,4D,5D,16D,17D. The molecule has 0 atom stereocenters. The van der Waals surface area contributed by atoms with Crippen LogP contribution in [0.1, 0.15) is 6.85 Å². The van der Waals surface area contributed by atoms with Crippen LogP contribution >= 0.6 is 0 Å². The van der Waals surface area contributed by atoms with Crippen molar-refractivity contribution in [1.82, 2.24) is 24.1 Å². The summed E-state index contributed by atoms with van der Waals surface area (Å²) < 4.78 is 53.9. The third kappa shape index (κ3) is 5.62. The highest BCUT2D eigenvalue weighted by Crippen LogP contribution is 2.42. The molecule has 0 fully saturated rings. The molecule has 0 aliphatic rings. The van der Waals surface area contributed by atoms with E-state index in [1.807, 2.05) is 66.7 Å². The molecular formula is C57H35N5O. The second-order valence-electron chi connectivity index (χ2n) is 15.6. The number of benzene rings is 9. The van der Waals surface area contributed by atoms with Crippen LogP contribution in [0.25, 0.3) is 122 Å². The summed E-state index contributed by atoms with van der Waals surface area (Å²) >= 11 is 0. The first-order chi connectivity index (χ1) is 33.3. The molecular weight excluding hydrogens is 771 g/mol. The molecule has 13 rings (SSSR count). The van der Waals surface area contributed by atoms with E-state index in [-0.39, 0.29) is 17.6 Å². The normalized spacial score (nSPS) is 12.9. The highest BCUT2D eigenvalue weighted by atomic mass is 16.3. The highest BCUT2D eigenvalue weighted by Gasteiger charge is 2.23. The number of para-hydroxylation sites is 4. The van der Waals surface area contributed by atoms with Gasteiger partial charge in [-0.15, -0.1) is 0 Å². The van der Waals surface area contributed by atoms with Crippen molar-refractivity contribution >= 4 is 65.6 Å². The lowest BCUT2D eigenvalue weighted by atomic mass is 10.0. The third-order valence-corrected chi connectivity index (χ3v) is 12.0. The Kier molecular flexibility index (Phi) is 6.75. The number of hydrogen-bond acceptors (Lipinski definition) is 4. The van der Waals surface area contributed by atoms with Crippen LogP contribution < -0.4 is 0 Å². The van der Waals surface area contributed by atoms with Gasteiger partial charge >= 0.3 is 0 Å². The van der Waals surface area contributed by atoms with E-state index in [1.165, 1.54) is 0 Å². The number of furan rings is 1. The Balaban J connectivity index is 1.10. The van der Waals surface area contributed by atoms with Gasteiger partial charge in [0.15, 0.2) is 17.5 Å². The molecule has 13 aromatic rings. The van der Waals surface area contributed by atoms with E-state index in [9.17, 15) is 0 Å². The molecule has 294 valence electrons. The van der Waals surface area contributed by atoms with Crippen molar-refractivity contribution in [1.29, 1.82) is 0 Å². The van der Waals surface area contributed by atoms with Crippen molar-refractivity contribution in [2.24, 2.45) is 0 Å². The van der Waals surface area contributed by atoms with Crippen molar-refractivity contribution < 1.29 is 11.3 Å². The fourth-order valence-corrected chi connectivity index (χ4v) is 9.22. The molecule has 6 nitrogen and oxygen atoms in total. The van der Waals surface area contributed by atoms with Crippen molar-refractivity contribution in [2.75, 3.05) is 0 Å². The maximum Gasteiger partial charge on any atom is 0.167 e. The summed E-state index contributed by atoms with van der Waals surface area (Å²) in [5.74, 6) is 1.37. The predicted octanol–water partition coefficient (Wildman–Crippen LogP) is 14.6. The molecule has 6 heteroatoms. The zero-order valence-electron chi connectivity index (χ0n) is 38.5. The van der Waals surface area contributed by atoms with Gasteiger partial charge in [0.25, 0.3) is 0 Å². The fraction of sp³-hybridized carbons (Fsp3) is 0. The summed E-state index contributed by atoms with van der Waals surface area (Å²) in [5, 5.41) is 6.04. The Morgan fingerprint density at radius 3 is 1.59 bits per heavy atom. The van der Waals surface area contributed by atoms with Gasteiger partial charge < -0.3 is 13.6 Å². The number of fused-ring (bicyclic) bond motifs is 9. The van der Waals surface area contributed by atoms with Crippen LogP contribution in [-0.2, 0) is 0 Å². The van der Waals surface area contributed by atoms with Gasteiger partial charge in [0, 0.05) is 54.8 Å². The fourth-order valence-electron chi connectivity index (χ4n) is 9.22. The van der Waals surface area contributed by atoms with Crippen LogP contribution in [0, 0.1) is 0 Å². The van der Waals surface area contributed by atoms with Crippen LogP contribution in [-0.4, -0.2) is 24.1 Å². The molecule has 0 amide bonds. The van der Waals surface area contributed by atoms with Crippen LogP contribution in [0.2, 0.25) is 0 Å². The second kappa shape index (κ2) is 14.0. The molecule has 0 spiro atoms. The van der Waals surface area contributed by atoms with Gasteiger partial charge in [-0.2, -0.15) is 0 Å². The van der Waals surface area contributed by atoms with Crippen LogP contribution in [0.4, 0.5) is 0 Å². The van der Waals surface area contributed by atoms with Gasteiger partial charge in [-0.25, -0.2) is 15.0 Å². The summed E-state index contributed by atoms with van der Waals surface area (Å²) in [5.41, 5.74) is 9.85. The Labute approximate surface area is 368 Å². The van der Waals surface area contributed by atoms with E-state index in [2.05, 4.69) is 112 Å². The second-order valence-corrected chi connectivity index (χ2v) is 15.6. The monoisotopic (exact) mass is 810 g/mol. The largest absolute Gasteiger partial charge is 0.455 e. The van der Waals surface area contributed by atoms with Crippen LogP contribution in [0.5, 0.6) is 0 Å². The number of nitrogens with zero attached hydrogens (tertiary/aromatic N) is 5. The van der Waals surface area contributed by atoms with Gasteiger partial charge in [-0.1, -0.05) is 152 Å². The Morgan fingerprint density at radius 2 is 0.905 bits per heavy atom. The molecule has 0 aliphatic carbocycles. The number of hydrogen-bond donors (Lipinski definition) is 0. The van der Waals surface area contributed by atoms with E-state index < -0.39 is 18.1 Å². The van der Waals surface area contributed by atoms with E-state index in [4.69, 9.17) is 26.2 Å². The zero-order chi connectivity index (χ0) is 45.8. The van der Waals surface area contributed by atoms with Crippen molar-refractivity contribution in [3.8, 4) is 56.7 Å². The number of aromatic nitrogens is 5. The third-order valence-electron chi connectivity index (χ3n) is 12.0. The molecule has 4 heterocycles. The van der Waals surface area contributed by atoms with E-state index in [0.29, 0.717) is 39.8 Å². The lowest BCUT2D eigenvalue weighted by Crippen LogP contribution is -2.02. The molecule has 63 heavy (non-hydrogen) atoms. The minimum Gasteiger partial charge on any atom is -0.455 e. The summed E-state index contributed by atoms with van der Waals surface area (Å²) in [6, 6.07) is 59.6. The molecule has 0 saturated heterocycles. The lowest BCUT2D eigenvalue weighted by molar-refractivity contribution is 0.669. The smallest absolute Gasteiger partial charge is 0.167 e. The highest BCUT2D eigenvalue weighted by molar-refractivity contribution is 6.14. The first-order valence-corrected chi connectivity index (χ1v) is 20.8.